The second-order valence-electron chi connectivity index (χ2n) is 3.66. The van der Waals surface area contributed by atoms with Crippen LogP contribution >= 0.6 is 23.2 Å². The molecule has 6 heteroatoms. The molecule has 1 N–H and O–H groups in total. The molecule has 0 unspecified atom stereocenters. The molecule has 1 aromatic carbocycles. The summed E-state index contributed by atoms with van der Waals surface area (Å²) in [5, 5.41) is 9.47. The van der Waals surface area contributed by atoms with Crippen LogP contribution in [0.15, 0.2) is 36.5 Å². The maximum Gasteiger partial charge on any atom is 0.337 e. The summed E-state index contributed by atoms with van der Waals surface area (Å²) in [5.41, 5.74) is 0.716. The van der Waals surface area contributed by atoms with Crippen molar-refractivity contribution in [1.82, 2.24) is 4.98 Å². The van der Waals surface area contributed by atoms with Crippen molar-refractivity contribution >= 4 is 29.2 Å². The number of halogens is 2. The topological polar surface area (TPSA) is 59.4 Å². The highest BCUT2D eigenvalue weighted by Gasteiger charge is 2.14. The van der Waals surface area contributed by atoms with Gasteiger partial charge in [0.05, 0.1) is 5.56 Å². The Kier molecular flexibility index (Phi) is 4.24. The summed E-state index contributed by atoms with van der Waals surface area (Å²) in [6.45, 7) is 0.162. The van der Waals surface area contributed by atoms with Crippen LogP contribution in [0.4, 0.5) is 0 Å². The second-order valence-corrected chi connectivity index (χ2v) is 4.45. The van der Waals surface area contributed by atoms with Gasteiger partial charge in [0, 0.05) is 16.8 Å². The first-order chi connectivity index (χ1) is 9.09. The molecule has 19 heavy (non-hydrogen) atoms. The molecule has 0 bridgehead atoms. The van der Waals surface area contributed by atoms with E-state index in [0.29, 0.717) is 5.02 Å². The van der Waals surface area contributed by atoms with E-state index in [0.717, 1.165) is 5.56 Å². The highest BCUT2D eigenvalue weighted by molar-refractivity contribution is 6.34. The normalized spacial score (nSPS) is 10.2. The number of hydrogen-bond donors (Lipinski definition) is 1. The molecule has 0 fully saturated rings. The maximum absolute atomic E-state index is 10.9. The lowest BCUT2D eigenvalue weighted by Crippen LogP contribution is -2.03. The predicted molar refractivity (Wildman–Crippen MR) is 72.0 cm³/mol. The molecule has 2 aromatic rings. The number of nitrogens with zero attached hydrogens (tertiary/aromatic N) is 1. The van der Waals surface area contributed by atoms with Gasteiger partial charge in [0.1, 0.15) is 11.6 Å². The van der Waals surface area contributed by atoms with E-state index in [1.54, 1.807) is 12.1 Å². The molecule has 2 rings (SSSR count). The smallest absolute Gasteiger partial charge is 0.337 e. The Morgan fingerprint density at radius 3 is 2.68 bits per heavy atom. The molecule has 0 amide bonds. The van der Waals surface area contributed by atoms with E-state index in [2.05, 4.69) is 4.98 Å². The number of carboxylic acids is 1. The van der Waals surface area contributed by atoms with Gasteiger partial charge in [-0.1, -0.05) is 41.4 Å². The molecule has 0 atom stereocenters. The third kappa shape index (κ3) is 3.16. The van der Waals surface area contributed by atoms with E-state index >= 15 is 0 Å². The average molecular weight is 298 g/mol. The van der Waals surface area contributed by atoms with Crippen LogP contribution in [0.1, 0.15) is 15.9 Å². The van der Waals surface area contributed by atoms with Gasteiger partial charge in [0.25, 0.3) is 0 Å². The second kappa shape index (κ2) is 5.91. The van der Waals surface area contributed by atoms with E-state index in [-0.39, 0.29) is 23.1 Å². The molecule has 0 aliphatic heterocycles. The number of benzene rings is 1. The van der Waals surface area contributed by atoms with Gasteiger partial charge in [-0.2, -0.15) is 0 Å². The Balaban J connectivity index is 2.19. The fourth-order valence-electron chi connectivity index (χ4n) is 1.45. The summed E-state index contributed by atoms with van der Waals surface area (Å²) in [4.78, 5) is 14.8. The first-order valence-electron chi connectivity index (χ1n) is 5.33. The molecule has 0 saturated carbocycles. The van der Waals surface area contributed by atoms with Gasteiger partial charge in [0.2, 0.25) is 5.88 Å². The van der Waals surface area contributed by atoms with E-state index in [9.17, 15) is 4.79 Å². The number of aromatic nitrogens is 1. The molecular weight excluding hydrogens is 289 g/mol. The van der Waals surface area contributed by atoms with Crippen LogP contribution in [0, 0.1) is 0 Å². The van der Waals surface area contributed by atoms with Gasteiger partial charge in [-0.3, -0.25) is 0 Å². The Morgan fingerprint density at radius 2 is 2.00 bits per heavy atom. The molecule has 0 saturated heterocycles. The van der Waals surface area contributed by atoms with Gasteiger partial charge in [0.15, 0.2) is 0 Å². The Bertz CT molecular complexity index is 617. The Hall–Kier alpha value is -1.78. The molecule has 0 spiro atoms. The molecular formula is C13H9Cl2NO3. The number of ether oxygens (including phenoxy) is 1. The van der Waals surface area contributed by atoms with Crippen molar-refractivity contribution in [2.75, 3.05) is 0 Å². The van der Waals surface area contributed by atoms with Crippen LogP contribution < -0.4 is 4.74 Å². The highest BCUT2D eigenvalue weighted by Crippen LogP contribution is 2.27. The quantitative estimate of drug-likeness (QED) is 0.935. The minimum Gasteiger partial charge on any atom is -0.478 e. The Labute approximate surface area is 119 Å². The fraction of sp³-hybridized carbons (Fsp3) is 0.0769. The molecule has 1 heterocycles. The van der Waals surface area contributed by atoms with Gasteiger partial charge in [-0.25, -0.2) is 9.78 Å². The third-order valence-corrected chi connectivity index (χ3v) is 3.14. The lowest BCUT2D eigenvalue weighted by atomic mass is 10.2. The summed E-state index contributed by atoms with van der Waals surface area (Å²) in [5.74, 6) is -1.06. The Morgan fingerprint density at radius 1 is 1.26 bits per heavy atom. The van der Waals surface area contributed by atoms with Crippen LogP contribution in [-0.2, 0) is 6.61 Å². The number of hydrogen-bond acceptors (Lipinski definition) is 3. The van der Waals surface area contributed by atoms with Crippen LogP contribution in [0.25, 0.3) is 0 Å². The molecule has 0 aliphatic carbocycles. The van der Waals surface area contributed by atoms with E-state index in [4.69, 9.17) is 33.0 Å². The monoisotopic (exact) mass is 297 g/mol. The van der Waals surface area contributed by atoms with Crippen LogP contribution in [0.3, 0.4) is 0 Å². The average Bonchev–Trinajstić information content (AvgIpc) is 2.39. The molecule has 4 nitrogen and oxygen atoms in total. The van der Waals surface area contributed by atoms with Crippen molar-refractivity contribution in [2.45, 2.75) is 6.61 Å². The first-order valence-corrected chi connectivity index (χ1v) is 6.09. The molecule has 0 aliphatic rings. The molecule has 1 aromatic heterocycles. The van der Waals surface area contributed by atoms with Gasteiger partial charge >= 0.3 is 5.97 Å². The van der Waals surface area contributed by atoms with Crippen molar-refractivity contribution < 1.29 is 14.6 Å². The van der Waals surface area contributed by atoms with Gasteiger partial charge < -0.3 is 9.84 Å². The number of rotatable bonds is 4. The summed E-state index contributed by atoms with van der Waals surface area (Å²) in [6, 6.07) is 8.49. The molecule has 0 radical (unpaired) electrons. The maximum atomic E-state index is 10.9. The number of aromatic carboxylic acids is 1. The minimum absolute atomic E-state index is 0.0259. The van der Waals surface area contributed by atoms with Crippen molar-refractivity contribution in [2.24, 2.45) is 0 Å². The third-order valence-electron chi connectivity index (χ3n) is 2.41. The summed E-state index contributed by atoms with van der Waals surface area (Å²) < 4.78 is 5.40. The zero-order valence-electron chi connectivity index (χ0n) is 9.64. The van der Waals surface area contributed by atoms with E-state index < -0.39 is 5.97 Å². The summed E-state index contributed by atoms with van der Waals surface area (Å²) in [7, 11) is 0. The van der Waals surface area contributed by atoms with E-state index in [1.165, 1.54) is 12.3 Å². The van der Waals surface area contributed by atoms with Crippen LogP contribution in [-0.4, -0.2) is 16.1 Å². The highest BCUT2D eigenvalue weighted by atomic mass is 35.5. The van der Waals surface area contributed by atoms with Crippen molar-refractivity contribution in [1.29, 1.82) is 0 Å². The predicted octanol–water partition coefficient (Wildman–Crippen LogP) is 3.67. The van der Waals surface area contributed by atoms with Crippen molar-refractivity contribution in [3.05, 3.63) is 57.7 Å². The van der Waals surface area contributed by atoms with E-state index in [1.807, 2.05) is 12.1 Å². The van der Waals surface area contributed by atoms with Crippen LogP contribution in [0.2, 0.25) is 10.0 Å². The number of carbonyl (C=O) groups is 1. The first kappa shape index (κ1) is 13.6. The van der Waals surface area contributed by atoms with Crippen molar-refractivity contribution in [3.63, 3.8) is 0 Å². The van der Waals surface area contributed by atoms with Crippen LogP contribution in [0.5, 0.6) is 5.88 Å². The lowest BCUT2D eigenvalue weighted by Gasteiger charge is -2.09. The van der Waals surface area contributed by atoms with Gasteiger partial charge in [-0.05, 0) is 12.1 Å². The number of pyridine rings is 1. The SMILES string of the molecule is O=C(O)c1ccnc(OCc2ccccc2Cl)c1Cl. The lowest BCUT2D eigenvalue weighted by molar-refractivity contribution is 0.0696. The summed E-state index contributed by atoms with van der Waals surface area (Å²) >= 11 is 11.9. The molecule has 98 valence electrons. The zero-order valence-corrected chi connectivity index (χ0v) is 11.1. The fourth-order valence-corrected chi connectivity index (χ4v) is 1.89. The van der Waals surface area contributed by atoms with Gasteiger partial charge in [-0.15, -0.1) is 0 Å². The number of carboxylic acid groups (broad SMARTS) is 1. The largest absolute Gasteiger partial charge is 0.478 e. The standard InChI is InChI=1S/C13H9Cl2NO3/c14-10-4-2-1-3-8(10)7-19-12-11(15)9(13(17)18)5-6-16-12/h1-6H,7H2,(H,17,18). The zero-order chi connectivity index (χ0) is 13.8. The van der Waals surface area contributed by atoms with Crippen molar-refractivity contribution in [3.8, 4) is 5.88 Å². The minimum atomic E-state index is -1.13. The summed E-state index contributed by atoms with van der Waals surface area (Å²) in [6.07, 6.45) is 1.33.